The molecule has 0 bridgehead atoms. The van der Waals surface area contributed by atoms with Crippen molar-refractivity contribution in [3.05, 3.63) is 80.2 Å². The molecular formula is C26H27ClN4O4S. The number of hydrogen-bond donors (Lipinski definition) is 3. The Kier molecular flexibility index (Phi) is 7.51. The predicted molar refractivity (Wildman–Crippen MR) is 142 cm³/mol. The lowest BCUT2D eigenvalue weighted by atomic mass is 9.81. The Morgan fingerprint density at radius 1 is 1.19 bits per heavy atom. The van der Waals surface area contributed by atoms with Gasteiger partial charge in [0.25, 0.3) is 0 Å². The Bertz CT molecular complexity index is 1390. The number of nitrogen functional groups attached to an aromatic ring is 1. The highest BCUT2D eigenvalue weighted by atomic mass is 35.5. The van der Waals surface area contributed by atoms with Crippen LogP contribution in [0.25, 0.3) is 0 Å². The number of aromatic nitrogens is 2. The summed E-state index contributed by atoms with van der Waals surface area (Å²) in [5.41, 5.74) is 9.70. The van der Waals surface area contributed by atoms with E-state index in [1.165, 1.54) is 0 Å². The van der Waals surface area contributed by atoms with E-state index in [4.69, 9.17) is 43.8 Å². The molecule has 1 unspecified atom stereocenters. The van der Waals surface area contributed by atoms with Crippen LogP contribution in [0.4, 0.5) is 11.6 Å². The summed E-state index contributed by atoms with van der Waals surface area (Å²) in [7, 11) is 1.56. The summed E-state index contributed by atoms with van der Waals surface area (Å²) in [4.78, 5) is 20.5. The zero-order valence-electron chi connectivity index (χ0n) is 20.3. The molecule has 0 radical (unpaired) electrons. The number of aromatic amines is 1. The van der Waals surface area contributed by atoms with Gasteiger partial charge < -0.3 is 30.2 Å². The number of nitrogens with one attached hydrogen (secondary N) is 2. The molecule has 0 amide bonds. The smallest absolute Gasteiger partial charge is 0.337 e. The van der Waals surface area contributed by atoms with Gasteiger partial charge in [0.1, 0.15) is 18.2 Å². The number of benzene rings is 2. The summed E-state index contributed by atoms with van der Waals surface area (Å²) in [6.45, 7) is 5.73. The molecule has 1 aliphatic heterocycles. The summed E-state index contributed by atoms with van der Waals surface area (Å²) in [6, 6.07) is 12.9. The largest absolute Gasteiger partial charge is 0.493 e. The van der Waals surface area contributed by atoms with E-state index >= 15 is 0 Å². The average Bonchev–Trinajstić information content (AvgIpc) is 2.82. The minimum Gasteiger partial charge on any atom is -0.493 e. The number of carbonyl (C=O) groups excluding carboxylic acids is 1. The SMILES string of the molecule is COc1cc(C2C(C(=O)OC(C)C)=C(C)Nc3nc(=S)[nH]c(N)c32)ccc1OCc1ccc(Cl)cc1. The van der Waals surface area contributed by atoms with Crippen LogP contribution in [-0.2, 0) is 16.1 Å². The summed E-state index contributed by atoms with van der Waals surface area (Å²) in [5, 5.41) is 3.82. The van der Waals surface area contributed by atoms with E-state index < -0.39 is 11.9 Å². The van der Waals surface area contributed by atoms with Crippen molar-refractivity contribution < 1.29 is 19.0 Å². The predicted octanol–water partition coefficient (Wildman–Crippen LogP) is 5.75. The molecule has 10 heteroatoms. The number of fused-ring (bicyclic) bond motifs is 1. The normalized spacial score (nSPS) is 14.8. The van der Waals surface area contributed by atoms with Crippen molar-refractivity contribution in [1.82, 2.24) is 9.97 Å². The van der Waals surface area contributed by atoms with E-state index in [1.54, 1.807) is 33.9 Å². The lowest BCUT2D eigenvalue weighted by molar-refractivity contribution is -0.142. The number of hydrogen-bond acceptors (Lipinski definition) is 8. The summed E-state index contributed by atoms with van der Waals surface area (Å²) >= 11 is 11.2. The van der Waals surface area contributed by atoms with Crippen molar-refractivity contribution in [1.29, 1.82) is 0 Å². The van der Waals surface area contributed by atoms with E-state index in [0.717, 1.165) is 11.1 Å². The van der Waals surface area contributed by atoms with Crippen LogP contribution < -0.4 is 20.5 Å². The molecule has 0 fully saturated rings. The fourth-order valence-electron chi connectivity index (χ4n) is 4.10. The van der Waals surface area contributed by atoms with Crippen LogP contribution >= 0.6 is 23.8 Å². The molecule has 1 aromatic heterocycles. The fraction of sp³-hybridized carbons (Fsp3) is 0.269. The second-order valence-electron chi connectivity index (χ2n) is 8.59. The van der Waals surface area contributed by atoms with Gasteiger partial charge in [-0.2, -0.15) is 0 Å². The second kappa shape index (κ2) is 10.6. The Balaban J connectivity index is 1.76. The van der Waals surface area contributed by atoms with Gasteiger partial charge in [0, 0.05) is 16.3 Å². The van der Waals surface area contributed by atoms with Crippen LogP contribution in [0.15, 0.2) is 53.7 Å². The van der Waals surface area contributed by atoms with Gasteiger partial charge in [0.2, 0.25) is 0 Å². The highest BCUT2D eigenvalue weighted by Gasteiger charge is 2.36. The van der Waals surface area contributed by atoms with Gasteiger partial charge in [0.15, 0.2) is 16.3 Å². The van der Waals surface area contributed by atoms with Crippen molar-refractivity contribution in [3.63, 3.8) is 0 Å². The minimum atomic E-state index is -0.578. The lowest BCUT2D eigenvalue weighted by Gasteiger charge is -2.30. The molecule has 4 rings (SSSR count). The summed E-state index contributed by atoms with van der Waals surface area (Å²) < 4.78 is 17.5. The number of anilines is 2. The molecule has 36 heavy (non-hydrogen) atoms. The standard InChI is InChI=1S/C26H27ClN4O4S/c1-13(2)35-25(32)20-14(3)29-24-22(23(28)30-26(36)31-24)21(20)16-7-10-18(19(11-16)33-4)34-12-15-5-8-17(27)9-6-15/h5-11,13,21H,12H2,1-4H3,(H4,28,29,30,31,36). The van der Waals surface area contributed by atoms with E-state index in [0.29, 0.717) is 51.6 Å². The number of nitrogens with zero attached hydrogens (tertiary/aromatic N) is 1. The number of H-pyrrole nitrogens is 1. The number of methoxy groups -OCH3 is 1. The van der Waals surface area contributed by atoms with E-state index in [1.807, 2.05) is 36.4 Å². The van der Waals surface area contributed by atoms with Crippen molar-refractivity contribution in [2.75, 3.05) is 18.2 Å². The molecule has 3 aromatic rings. The summed E-state index contributed by atoms with van der Waals surface area (Å²) in [5.74, 6) is 0.830. The average molecular weight is 527 g/mol. The quantitative estimate of drug-likeness (QED) is 0.264. The van der Waals surface area contributed by atoms with Gasteiger partial charge in [-0.25, -0.2) is 9.78 Å². The number of halogens is 1. The van der Waals surface area contributed by atoms with Crippen molar-refractivity contribution in [3.8, 4) is 11.5 Å². The third kappa shape index (κ3) is 5.32. The zero-order chi connectivity index (χ0) is 26.0. The summed E-state index contributed by atoms with van der Waals surface area (Å²) in [6.07, 6.45) is -0.296. The van der Waals surface area contributed by atoms with Crippen molar-refractivity contribution in [2.45, 2.75) is 39.4 Å². The highest BCUT2D eigenvalue weighted by molar-refractivity contribution is 7.71. The number of carbonyl (C=O) groups is 1. The third-order valence-electron chi connectivity index (χ3n) is 5.68. The topological polar surface area (TPSA) is 111 Å². The Hall–Kier alpha value is -3.56. The van der Waals surface area contributed by atoms with E-state index in [-0.39, 0.29) is 10.9 Å². The first kappa shape index (κ1) is 25.5. The number of ether oxygens (including phenoxy) is 3. The first-order valence-corrected chi connectivity index (χ1v) is 12.1. The monoisotopic (exact) mass is 526 g/mol. The molecule has 4 N–H and O–H groups in total. The van der Waals surface area contributed by atoms with Crippen LogP contribution in [0.2, 0.25) is 5.02 Å². The van der Waals surface area contributed by atoms with Gasteiger partial charge in [-0.1, -0.05) is 29.8 Å². The van der Waals surface area contributed by atoms with E-state index in [2.05, 4.69) is 15.3 Å². The second-order valence-corrected chi connectivity index (χ2v) is 9.42. The van der Waals surface area contributed by atoms with Crippen LogP contribution in [0.1, 0.15) is 43.4 Å². The zero-order valence-corrected chi connectivity index (χ0v) is 21.9. The molecule has 0 aliphatic carbocycles. The molecule has 2 aromatic carbocycles. The van der Waals surface area contributed by atoms with Gasteiger partial charge in [-0.05, 0) is 68.4 Å². The fourth-order valence-corrected chi connectivity index (χ4v) is 4.43. The maximum Gasteiger partial charge on any atom is 0.337 e. The van der Waals surface area contributed by atoms with Crippen LogP contribution in [0.3, 0.4) is 0 Å². The minimum absolute atomic E-state index is 0.238. The van der Waals surface area contributed by atoms with E-state index in [9.17, 15) is 4.79 Å². The lowest BCUT2D eigenvalue weighted by Crippen LogP contribution is -2.27. The molecule has 0 spiro atoms. The maximum absolute atomic E-state index is 13.2. The Morgan fingerprint density at radius 2 is 1.92 bits per heavy atom. The van der Waals surface area contributed by atoms with Crippen molar-refractivity contribution >= 4 is 41.4 Å². The number of rotatable bonds is 7. The van der Waals surface area contributed by atoms with Crippen LogP contribution in [-0.4, -0.2) is 29.2 Å². The number of esters is 1. The first-order chi connectivity index (χ1) is 17.2. The van der Waals surface area contributed by atoms with Crippen LogP contribution in [0.5, 0.6) is 11.5 Å². The molecule has 0 saturated carbocycles. The van der Waals surface area contributed by atoms with Gasteiger partial charge in [0.05, 0.1) is 24.7 Å². The molecule has 1 aliphatic rings. The van der Waals surface area contributed by atoms with Crippen LogP contribution in [0, 0.1) is 4.77 Å². The number of nitrogens with two attached hydrogens (primary N) is 1. The molecule has 2 heterocycles. The molecule has 188 valence electrons. The first-order valence-electron chi connectivity index (χ1n) is 11.3. The highest BCUT2D eigenvalue weighted by Crippen LogP contribution is 2.45. The maximum atomic E-state index is 13.2. The Labute approximate surface area is 219 Å². The van der Waals surface area contributed by atoms with Gasteiger partial charge in [-0.3, -0.25) is 0 Å². The molecule has 8 nitrogen and oxygen atoms in total. The number of allylic oxidation sites excluding steroid dienone is 1. The molecule has 0 saturated heterocycles. The van der Waals surface area contributed by atoms with Crippen molar-refractivity contribution in [2.24, 2.45) is 0 Å². The molecule has 1 atom stereocenters. The third-order valence-corrected chi connectivity index (χ3v) is 6.12. The Morgan fingerprint density at radius 3 is 2.58 bits per heavy atom. The van der Waals surface area contributed by atoms with Gasteiger partial charge in [-0.15, -0.1) is 0 Å². The molecular weight excluding hydrogens is 500 g/mol. The van der Waals surface area contributed by atoms with Gasteiger partial charge >= 0.3 is 5.97 Å².